The molecule has 9 heteroatoms. The molecule has 0 aromatic heterocycles. The number of rotatable bonds is 6. The van der Waals surface area contributed by atoms with E-state index in [0.29, 0.717) is 17.5 Å². The zero-order valence-corrected chi connectivity index (χ0v) is 16.4. The summed E-state index contributed by atoms with van der Waals surface area (Å²) in [7, 11) is 0. The lowest BCUT2D eigenvalue weighted by Crippen LogP contribution is -2.45. The molecule has 0 saturated heterocycles. The monoisotopic (exact) mass is 418 g/mol. The van der Waals surface area contributed by atoms with E-state index in [0.717, 1.165) is 12.1 Å². The Kier molecular flexibility index (Phi) is 6.29. The Bertz CT molecular complexity index is 982. The van der Waals surface area contributed by atoms with Crippen LogP contribution in [0.4, 0.5) is 20.2 Å². The second-order valence-electron chi connectivity index (χ2n) is 6.71. The summed E-state index contributed by atoms with van der Waals surface area (Å²) in [5.41, 5.74) is 0.319. The first-order chi connectivity index (χ1) is 14.3. The lowest BCUT2D eigenvalue weighted by Gasteiger charge is -2.32. The van der Waals surface area contributed by atoms with E-state index < -0.39 is 35.7 Å². The van der Waals surface area contributed by atoms with Crippen LogP contribution in [0.2, 0.25) is 0 Å². The van der Waals surface area contributed by atoms with Gasteiger partial charge >= 0.3 is 5.97 Å². The average Bonchev–Trinajstić information content (AvgIpc) is 2.70. The van der Waals surface area contributed by atoms with Crippen molar-refractivity contribution in [2.24, 2.45) is 0 Å². The molecule has 30 heavy (non-hydrogen) atoms. The van der Waals surface area contributed by atoms with Gasteiger partial charge < -0.3 is 19.7 Å². The van der Waals surface area contributed by atoms with Gasteiger partial charge in [-0.2, -0.15) is 0 Å². The van der Waals surface area contributed by atoms with Gasteiger partial charge in [-0.1, -0.05) is 12.1 Å². The van der Waals surface area contributed by atoms with E-state index in [1.807, 2.05) is 0 Å². The van der Waals surface area contributed by atoms with Gasteiger partial charge in [0.25, 0.3) is 11.8 Å². The fourth-order valence-electron chi connectivity index (χ4n) is 2.93. The van der Waals surface area contributed by atoms with Gasteiger partial charge in [0.15, 0.2) is 12.2 Å². The SMILES string of the molecule is CC(OC(=O)CCN1C(=O)C(C)Oc2ccccc21)C(=O)Nc1ccc(F)cc1F. The van der Waals surface area contributed by atoms with Crippen LogP contribution >= 0.6 is 0 Å². The van der Waals surface area contributed by atoms with E-state index in [9.17, 15) is 23.2 Å². The quantitative estimate of drug-likeness (QED) is 0.729. The van der Waals surface area contributed by atoms with Gasteiger partial charge in [-0.05, 0) is 38.1 Å². The minimum Gasteiger partial charge on any atom is -0.479 e. The van der Waals surface area contributed by atoms with Crippen LogP contribution in [-0.2, 0) is 19.1 Å². The summed E-state index contributed by atoms with van der Waals surface area (Å²) in [6.07, 6.45) is -2.06. The van der Waals surface area contributed by atoms with Gasteiger partial charge in [-0.15, -0.1) is 0 Å². The molecule has 0 saturated carbocycles. The summed E-state index contributed by atoms with van der Waals surface area (Å²) in [6.45, 7) is 2.99. The third-order valence-electron chi connectivity index (χ3n) is 4.48. The number of amides is 2. The highest BCUT2D eigenvalue weighted by Crippen LogP contribution is 2.33. The van der Waals surface area contributed by atoms with Crippen molar-refractivity contribution in [1.29, 1.82) is 0 Å². The van der Waals surface area contributed by atoms with E-state index >= 15 is 0 Å². The van der Waals surface area contributed by atoms with Crippen LogP contribution in [0.25, 0.3) is 0 Å². The lowest BCUT2D eigenvalue weighted by atomic mass is 10.2. The molecule has 0 bridgehead atoms. The fourth-order valence-corrected chi connectivity index (χ4v) is 2.93. The maximum Gasteiger partial charge on any atom is 0.308 e. The third-order valence-corrected chi connectivity index (χ3v) is 4.48. The highest BCUT2D eigenvalue weighted by Gasteiger charge is 2.31. The van der Waals surface area contributed by atoms with E-state index in [4.69, 9.17) is 9.47 Å². The molecule has 2 amide bonds. The number of hydrogen-bond acceptors (Lipinski definition) is 5. The summed E-state index contributed by atoms with van der Waals surface area (Å²) in [6, 6.07) is 9.65. The zero-order valence-electron chi connectivity index (χ0n) is 16.4. The van der Waals surface area contributed by atoms with Crippen molar-refractivity contribution in [3.05, 3.63) is 54.1 Å². The minimum absolute atomic E-state index is 0.0449. The summed E-state index contributed by atoms with van der Waals surface area (Å²) >= 11 is 0. The lowest BCUT2D eigenvalue weighted by molar-refractivity contribution is -0.153. The molecule has 0 fully saturated rings. The Morgan fingerprint density at radius 3 is 2.70 bits per heavy atom. The van der Waals surface area contributed by atoms with Crippen LogP contribution in [0.1, 0.15) is 20.3 Å². The Labute approximate surface area is 171 Å². The number of carbonyl (C=O) groups is 3. The van der Waals surface area contributed by atoms with Crippen molar-refractivity contribution in [2.75, 3.05) is 16.8 Å². The van der Waals surface area contributed by atoms with E-state index in [2.05, 4.69) is 5.32 Å². The fraction of sp³-hybridized carbons (Fsp3) is 0.286. The highest BCUT2D eigenvalue weighted by molar-refractivity contribution is 6.00. The maximum atomic E-state index is 13.6. The second-order valence-corrected chi connectivity index (χ2v) is 6.71. The van der Waals surface area contributed by atoms with Crippen LogP contribution in [-0.4, -0.2) is 36.5 Å². The summed E-state index contributed by atoms with van der Waals surface area (Å²) in [5, 5.41) is 2.24. The average molecular weight is 418 g/mol. The number of anilines is 2. The van der Waals surface area contributed by atoms with Gasteiger partial charge in [0.2, 0.25) is 0 Å². The summed E-state index contributed by atoms with van der Waals surface area (Å²) < 4.78 is 37.2. The molecule has 3 rings (SSSR count). The molecule has 1 aliphatic rings. The molecule has 0 radical (unpaired) electrons. The standard InChI is InChI=1S/C21H20F2N2O5/c1-12(20(27)24-16-8-7-14(22)11-15(16)23)30-19(26)9-10-25-17-5-3-4-6-18(17)29-13(2)21(25)28/h3-8,11-13H,9-10H2,1-2H3,(H,24,27). The van der Waals surface area contributed by atoms with Crippen molar-refractivity contribution < 1.29 is 32.6 Å². The van der Waals surface area contributed by atoms with Gasteiger partial charge in [0.05, 0.1) is 17.8 Å². The van der Waals surface area contributed by atoms with Crippen LogP contribution < -0.4 is 15.0 Å². The number of ether oxygens (including phenoxy) is 2. The molecule has 1 aliphatic heterocycles. The zero-order chi connectivity index (χ0) is 21.8. The molecule has 0 aliphatic carbocycles. The number of nitrogens with zero attached hydrogens (tertiary/aromatic N) is 1. The molecule has 1 heterocycles. The van der Waals surface area contributed by atoms with Gasteiger partial charge in [-0.3, -0.25) is 14.4 Å². The molecule has 2 aromatic carbocycles. The van der Waals surface area contributed by atoms with Gasteiger partial charge in [0.1, 0.15) is 17.4 Å². The number of benzene rings is 2. The molecule has 158 valence electrons. The maximum absolute atomic E-state index is 13.6. The normalized spacial score (nSPS) is 16.3. The predicted molar refractivity (Wildman–Crippen MR) is 104 cm³/mol. The first-order valence-corrected chi connectivity index (χ1v) is 9.28. The van der Waals surface area contributed by atoms with Crippen molar-refractivity contribution in [1.82, 2.24) is 0 Å². The number of halogens is 2. The van der Waals surface area contributed by atoms with E-state index in [1.54, 1.807) is 31.2 Å². The Balaban J connectivity index is 1.56. The molecular weight excluding hydrogens is 398 g/mol. The number of nitrogens with one attached hydrogen (secondary N) is 1. The largest absolute Gasteiger partial charge is 0.479 e. The Hall–Kier alpha value is -3.49. The minimum atomic E-state index is -1.21. The number of esters is 1. The molecular formula is C21H20F2N2O5. The van der Waals surface area contributed by atoms with Crippen molar-refractivity contribution in [3.8, 4) is 5.75 Å². The number of carbonyl (C=O) groups excluding carboxylic acids is 3. The number of fused-ring (bicyclic) bond motifs is 1. The predicted octanol–water partition coefficient (Wildman–Crippen LogP) is 3.04. The summed E-state index contributed by atoms with van der Waals surface area (Å²) in [4.78, 5) is 38.1. The van der Waals surface area contributed by atoms with Crippen molar-refractivity contribution in [3.63, 3.8) is 0 Å². The van der Waals surface area contributed by atoms with Crippen LogP contribution in [0.15, 0.2) is 42.5 Å². The van der Waals surface area contributed by atoms with E-state index in [1.165, 1.54) is 11.8 Å². The first-order valence-electron chi connectivity index (χ1n) is 9.28. The van der Waals surface area contributed by atoms with Gasteiger partial charge in [-0.25, -0.2) is 8.78 Å². The molecule has 2 unspecified atom stereocenters. The Morgan fingerprint density at radius 2 is 1.97 bits per heavy atom. The molecule has 2 atom stereocenters. The van der Waals surface area contributed by atoms with Crippen LogP contribution in [0, 0.1) is 11.6 Å². The summed E-state index contributed by atoms with van der Waals surface area (Å²) in [5.74, 6) is -2.96. The molecule has 0 spiro atoms. The van der Waals surface area contributed by atoms with Gasteiger partial charge in [0, 0.05) is 12.6 Å². The third kappa shape index (κ3) is 4.73. The number of para-hydroxylation sites is 2. The van der Waals surface area contributed by atoms with Crippen molar-refractivity contribution in [2.45, 2.75) is 32.5 Å². The molecule has 7 nitrogen and oxygen atoms in total. The number of hydrogen-bond donors (Lipinski definition) is 1. The smallest absolute Gasteiger partial charge is 0.308 e. The van der Waals surface area contributed by atoms with Crippen LogP contribution in [0.3, 0.4) is 0 Å². The second kappa shape index (κ2) is 8.89. The van der Waals surface area contributed by atoms with Crippen molar-refractivity contribution >= 4 is 29.2 Å². The Morgan fingerprint density at radius 1 is 1.23 bits per heavy atom. The highest BCUT2D eigenvalue weighted by atomic mass is 19.1. The van der Waals surface area contributed by atoms with E-state index in [-0.39, 0.29) is 24.6 Å². The first kappa shape index (κ1) is 21.2. The van der Waals surface area contributed by atoms with Crippen LogP contribution in [0.5, 0.6) is 5.75 Å². The molecule has 2 aromatic rings. The topological polar surface area (TPSA) is 84.9 Å². The molecule has 1 N–H and O–H groups in total.